The van der Waals surface area contributed by atoms with Gasteiger partial charge in [-0.25, -0.2) is 0 Å². The van der Waals surface area contributed by atoms with Crippen LogP contribution in [-0.2, 0) is 13.5 Å². The normalized spacial score (nSPS) is 10.8. The molecular formula is C13H11Br2ClN2O. The Balaban J connectivity index is 2.30. The summed E-state index contributed by atoms with van der Waals surface area (Å²) in [4.78, 5) is 12.3. The van der Waals surface area contributed by atoms with Gasteiger partial charge in [-0.3, -0.25) is 9.48 Å². The van der Waals surface area contributed by atoms with Crippen LogP contribution in [0.15, 0.2) is 27.1 Å². The lowest BCUT2D eigenvalue weighted by Gasteiger charge is -2.04. The summed E-state index contributed by atoms with van der Waals surface area (Å²) in [5.41, 5.74) is 2.11. The minimum atomic E-state index is 0.00639. The Labute approximate surface area is 133 Å². The zero-order valence-corrected chi connectivity index (χ0v) is 14.3. The molecule has 0 unspecified atom stereocenters. The molecule has 0 fully saturated rings. The Morgan fingerprint density at radius 2 is 1.89 bits per heavy atom. The van der Waals surface area contributed by atoms with E-state index in [1.54, 1.807) is 23.9 Å². The topological polar surface area (TPSA) is 34.9 Å². The first-order valence-electron chi connectivity index (χ1n) is 5.55. The summed E-state index contributed by atoms with van der Waals surface area (Å²) in [5.74, 6) is 0.00639. The first-order chi connectivity index (χ1) is 8.88. The van der Waals surface area contributed by atoms with Crippen LogP contribution in [0.2, 0.25) is 5.02 Å². The largest absolute Gasteiger partial charge is 0.294 e. The Morgan fingerprint density at radius 3 is 2.37 bits per heavy atom. The molecule has 0 spiro atoms. The van der Waals surface area contributed by atoms with Gasteiger partial charge in [0.2, 0.25) is 0 Å². The Hall–Kier alpha value is -0.650. The maximum atomic E-state index is 12.3. The average Bonchev–Trinajstić information content (AvgIpc) is 2.54. The summed E-state index contributed by atoms with van der Waals surface area (Å²) in [7, 11) is 1.79. The second kappa shape index (κ2) is 5.77. The van der Waals surface area contributed by atoms with Gasteiger partial charge in [-0.05, 0) is 25.1 Å². The number of aromatic nitrogens is 2. The lowest BCUT2D eigenvalue weighted by molar-refractivity contribution is 0.0990. The Morgan fingerprint density at radius 1 is 1.32 bits per heavy atom. The van der Waals surface area contributed by atoms with Crippen molar-refractivity contribution in [3.05, 3.63) is 49.1 Å². The summed E-state index contributed by atoms with van der Waals surface area (Å²) in [6.45, 7) is 1.83. The van der Waals surface area contributed by atoms with E-state index in [9.17, 15) is 4.79 Å². The second-order valence-electron chi connectivity index (χ2n) is 4.23. The molecule has 19 heavy (non-hydrogen) atoms. The fourth-order valence-electron chi connectivity index (χ4n) is 1.84. The molecule has 6 heteroatoms. The molecule has 0 aliphatic rings. The molecule has 0 radical (unpaired) electrons. The number of carbonyl (C=O) groups excluding carboxylic acids is 1. The molecule has 0 atom stereocenters. The molecule has 1 heterocycles. The van der Waals surface area contributed by atoms with Crippen LogP contribution in [0.5, 0.6) is 0 Å². The van der Waals surface area contributed by atoms with E-state index in [0.29, 0.717) is 10.6 Å². The van der Waals surface area contributed by atoms with E-state index in [4.69, 9.17) is 11.6 Å². The van der Waals surface area contributed by atoms with Crippen LogP contribution in [0, 0.1) is 6.92 Å². The standard InChI is InChI=1S/C13H11Br2ClN2O/c1-7-13(16)11(18(2)17-7)6-12(19)8-3-9(14)5-10(15)4-8/h3-5H,6H2,1-2H3. The number of hydrogen-bond donors (Lipinski definition) is 0. The van der Waals surface area contributed by atoms with Crippen molar-refractivity contribution in [2.24, 2.45) is 7.05 Å². The van der Waals surface area contributed by atoms with Crippen molar-refractivity contribution in [3.63, 3.8) is 0 Å². The van der Waals surface area contributed by atoms with Crippen molar-refractivity contribution >= 4 is 49.2 Å². The van der Waals surface area contributed by atoms with E-state index in [1.165, 1.54) is 0 Å². The first-order valence-corrected chi connectivity index (χ1v) is 7.52. The van der Waals surface area contributed by atoms with Crippen LogP contribution in [0.25, 0.3) is 0 Å². The zero-order chi connectivity index (χ0) is 14.2. The molecule has 0 amide bonds. The summed E-state index contributed by atoms with van der Waals surface area (Å²) < 4.78 is 3.37. The SMILES string of the molecule is Cc1nn(C)c(CC(=O)c2cc(Br)cc(Br)c2)c1Cl. The molecule has 2 rings (SSSR count). The number of halogens is 3. The maximum Gasteiger partial charge on any atom is 0.168 e. The molecule has 1 aromatic carbocycles. The van der Waals surface area contributed by atoms with Crippen molar-refractivity contribution in [1.82, 2.24) is 9.78 Å². The number of ketones is 1. The van der Waals surface area contributed by atoms with Crippen LogP contribution in [0.1, 0.15) is 21.7 Å². The number of rotatable bonds is 3. The van der Waals surface area contributed by atoms with E-state index in [0.717, 1.165) is 20.3 Å². The van der Waals surface area contributed by atoms with Gasteiger partial charge in [0, 0.05) is 21.6 Å². The van der Waals surface area contributed by atoms with Gasteiger partial charge in [-0.2, -0.15) is 5.10 Å². The minimum Gasteiger partial charge on any atom is -0.294 e. The van der Waals surface area contributed by atoms with Crippen LogP contribution in [0.4, 0.5) is 0 Å². The first kappa shape index (κ1) is 14.8. The second-order valence-corrected chi connectivity index (χ2v) is 6.44. The van der Waals surface area contributed by atoms with Crippen molar-refractivity contribution in [2.45, 2.75) is 13.3 Å². The van der Waals surface area contributed by atoms with E-state index in [1.807, 2.05) is 13.0 Å². The van der Waals surface area contributed by atoms with E-state index >= 15 is 0 Å². The van der Waals surface area contributed by atoms with Crippen molar-refractivity contribution < 1.29 is 4.79 Å². The molecule has 3 nitrogen and oxygen atoms in total. The van der Waals surface area contributed by atoms with Crippen LogP contribution < -0.4 is 0 Å². The van der Waals surface area contributed by atoms with Gasteiger partial charge >= 0.3 is 0 Å². The summed E-state index contributed by atoms with van der Waals surface area (Å²) in [5, 5.41) is 4.77. The summed E-state index contributed by atoms with van der Waals surface area (Å²) in [6.07, 6.45) is 0.235. The summed E-state index contributed by atoms with van der Waals surface area (Å²) in [6, 6.07) is 5.48. The van der Waals surface area contributed by atoms with Crippen molar-refractivity contribution in [3.8, 4) is 0 Å². The highest BCUT2D eigenvalue weighted by molar-refractivity contribution is 9.11. The smallest absolute Gasteiger partial charge is 0.168 e. The molecular weight excluding hydrogens is 395 g/mol. The number of aryl methyl sites for hydroxylation is 2. The quantitative estimate of drug-likeness (QED) is 0.711. The predicted octanol–water partition coefficient (Wildman–Crippen LogP) is 4.33. The molecule has 0 saturated heterocycles. The zero-order valence-electron chi connectivity index (χ0n) is 10.4. The Kier molecular flexibility index (Phi) is 4.48. The Bertz CT molecular complexity index is 632. The fourth-order valence-corrected chi connectivity index (χ4v) is 3.36. The third-order valence-corrected chi connectivity index (χ3v) is 4.18. The summed E-state index contributed by atoms with van der Waals surface area (Å²) >= 11 is 12.9. The third-order valence-electron chi connectivity index (χ3n) is 2.77. The molecule has 2 aromatic rings. The molecule has 0 aliphatic carbocycles. The van der Waals surface area contributed by atoms with Crippen molar-refractivity contribution in [1.29, 1.82) is 0 Å². The lowest BCUT2D eigenvalue weighted by atomic mass is 10.1. The van der Waals surface area contributed by atoms with E-state index in [2.05, 4.69) is 37.0 Å². The van der Waals surface area contributed by atoms with Gasteiger partial charge in [0.25, 0.3) is 0 Å². The number of Topliss-reactive ketones (excluding diaryl/α,β-unsaturated/α-hetero) is 1. The van der Waals surface area contributed by atoms with Gasteiger partial charge in [0.05, 0.1) is 22.8 Å². The van der Waals surface area contributed by atoms with Gasteiger partial charge < -0.3 is 0 Å². The highest BCUT2D eigenvalue weighted by Crippen LogP contribution is 2.24. The van der Waals surface area contributed by atoms with Crippen molar-refractivity contribution in [2.75, 3.05) is 0 Å². The van der Waals surface area contributed by atoms with Crippen LogP contribution in [0.3, 0.4) is 0 Å². The predicted molar refractivity (Wildman–Crippen MR) is 82.8 cm³/mol. The fraction of sp³-hybridized carbons (Fsp3) is 0.231. The molecule has 0 N–H and O–H groups in total. The number of hydrogen-bond acceptors (Lipinski definition) is 2. The van der Waals surface area contributed by atoms with Crippen LogP contribution >= 0.6 is 43.5 Å². The number of nitrogens with zero attached hydrogens (tertiary/aromatic N) is 2. The van der Waals surface area contributed by atoms with Crippen LogP contribution in [-0.4, -0.2) is 15.6 Å². The lowest BCUT2D eigenvalue weighted by Crippen LogP contribution is -2.08. The van der Waals surface area contributed by atoms with E-state index in [-0.39, 0.29) is 12.2 Å². The van der Waals surface area contributed by atoms with Gasteiger partial charge in [-0.15, -0.1) is 0 Å². The minimum absolute atomic E-state index is 0.00639. The third kappa shape index (κ3) is 3.27. The van der Waals surface area contributed by atoms with Gasteiger partial charge in [0.15, 0.2) is 5.78 Å². The number of carbonyl (C=O) groups is 1. The molecule has 0 aliphatic heterocycles. The molecule has 1 aromatic heterocycles. The highest BCUT2D eigenvalue weighted by Gasteiger charge is 2.16. The van der Waals surface area contributed by atoms with Gasteiger partial charge in [-0.1, -0.05) is 43.5 Å². The maximum absolute atomic E-state index is 12.3. The monoisotopic (exact) mass is 404 g/mol. The highest BCUT2D eigenvalue weighted by atomic mass is 79.9. The van der Waals surface area contributed by atoms with Gasteiger partial charge in [0.1, 0.15) is 0 Å². The average molecular weight is 407 g/mol. The molecule has 100 valence electrons. The molecule has 0 bridgehead atoms. The molecule has 0 saturated carbocycles. The number of benzene rings is 1. The van der Waals surface area contributed by atoms with E-state index < -0.39 is 0 Å².